The molecule has 1 saturated heterocycles. The number of hydrogen-bond donors (Lipinski definition) is 2. The van der Waals surface area contributed by atoms with Crippen molar-refractivity contribution in [1.29, 1.82) is 0 Å². The third-order valence-electron chi connectivity index (χ3n) is 4.50. The molecule has 1 fully saturated rings. The summed E-state index contributed by atoms with van der Waals surface area (Å²) in [6.45, 7) is 8.56. The number of hydrogen-bond acceptors (Lipinski definition) is 5. The van der Waals surface area contributed by atoms with Gasteiger partial charge in [-0.15, -0.1) is 0 Å². The van der Waals surface area contributed by atoms with Crippen LogP contribution >= 0.6 is 0 Å². The van der Waals surface area contributed by atoms with Crippen molar-refractivity contribution < 1.29 is 19.1 Å². The molecule has 0 atom stereocenters. The Kier molecular flexibility index (Phi) is 8.29. The van der Waals surface area contributed by atoms with Gasteiger partial charge in [-0.3, -0.25) is 14.4 Å². The minimum Gasteiger partial charge on any atom is -0.466 e. The predicted molar refractivity (Wildman–Crippen MR) is 110 cm³/mol. The number of nitrogens with zero attached hydrogens (tertiary/aromatic N) is 1. The molecule has 0 spiro atoms. The summed E-state index contributed by atoms with van der Waals surface area (Å²) in [6.07, 6.45) is 2.30. The molecule has 28 heavy (non-hydrogen) atoms. The molecule has 0 bridgehead atoms. The molecular formula is C21H31N3O4. The van der Waals surface area contributed by atoms with Crippen LogP contribution < -0.4 is 15.5 Å². The molecule has 0 aromatic heterocycles. The zero-order valence-corrected chi connectivity index (χ0v) is 17.0. The summed E-state index contributed by atoms with van der Waals surface area (Å²) in [5.41, 5.74) is 2.00. The van der Waals surface area contributed by atoms with Crippen molar-refractivity contribution in [3.63, 3.8) is 0 Å². The van der Waals surface area contributed by atoms with Crippen LogP contribution in [0.4, 0.5) is 11.4 Å². The molecular weight excluding hydrogens is 358 g/mol. The van der Waals surface area contributed by atoms with E-state index in [1.165, 1.54) is 0 Å². The number of amides is 2. The molecule has 2 N–H and O–H groups in total. The van der Waals surface area contributed by atoms with Crippen LogP contribution in [0.3, 0.4) is 0 Å². The van der Waals surface area contributed by atoms with Gasteiger partial charge in [0.1, 0.15) is 0 Å². The maximum atomic E-state index is 12.7. The van der Waals surface area contributed by atoms with Crippen LogP contribution in [0.1, 0.15) is 56.8 Å². The van der Waals surface area contributed by atoms with Gasteiger partial charge in [-0.25, -0.2) is 0 Å². The second-order valence-corrected chi connectivity index (χ2v) is 7.38. The summed E-state index contributed by atoms with van der Waals surface area (Å²) in [4.78, 5) is 38.5. The number of anilines is 2. The molecule has 2 rings (SSSR count). The zero-order chi connectivity index (χ0) is 20.5. The van der Waals surface area contributed by atoms with Crippen molar-refractivity contribution in [2.24, 2.45) is 5.92 Å². The van der Waals surface area contributed by atoms with Crippen LogP contribution in [0.2, 0.25) is 0 Å². The number of ether oxygens (including phenoxy) is 1. The van der Waals surface area contributed by atoms with Crippen LogP contribution in [0, 0.1) is 5.92 Å². The molecule has 1 aliphatic rings. The van der Waals surface area contributed by atoms with E-state index in [2.05, 4.69) is 15.5 Å². The zero-order valence-electron chi connectivity index (χ0n) is 17.0. The summed E-state index contributed by atoms with van der Waals surface area (Å²) < 4.78 is 4.83. The van der Waals surface area contributed by atoms with E-state index in [9.17, 15) is 14.4 Å². The molecule has 154 valence electrons. The minimum absolute atomic E-state index is 0.0350. The predicted octanol–water partition coefficient (Wildman–Crippen LogP) is 2.95. The van der Waals surface area contributed by atoms with Crippen LogP contribution in [-0.4, -0.2) is 44.0 Å². The molecule has 7 nitrogen and oxygen atoms in total. The first kappa shape index (κ1) is 21.7. The first-order valence-electron chi connectivity index (χ1n) is 10.0. The first-order chi connectivity index (χ1) is 13.4. The molecule has 0 saturated carbocycles. The second kappa shape index (κ2) is 10.7. The average Bonchev–Trinajstić information content (AvgIpc) is 3.19. The van der Waals surface area contributed by atoms with Gasteiger partial charge in [0.15, 0.2) is 0 Å². The van der Waals surface area contributed by atoms with Gasteiger partial charge >= 0.3 is 5.97 Å². The summed E-state index contributed by atoms with van der Waals surface area (Å²) in [5.74, 6) is -0.463. The van der Waals surface area contributed by atoms with Crippen molar-refractivity contribution in [2.75, 3.05) is 36.5 Å². The third-order valence-corrected chi connectivity index (χ3v) is 4.50. The number of nitrogens with one attached hydrogen (secondary N) is 2. The molecule has 1 aliphatic heterocycles. The Morgan fingerprint density at radius 1 is 1.14 bits per heavy atom. The fraction of sp³-hybridized carbons (Fsp3) is 0.571. The van der Waals surface area contributed by atoms with E-state index in [4.69, 9.17) is 4.74 Å². The number of esters is 1. The average molecular weight is 389 g/mol. The van der Waals surface area contributed by atoms with E-state index < -0.39 is 5.97 Å². The van der Waals surface area contributed by atoms with Gasteiger partial charge in [-0.2, -0.15) is 0 Å². The van der Waals surface area contributed by atoms with E-state index in [1.807, 2.05) is 19.9 Å². The van der Waals surface area contributed by atoms with E-state index in [1.54, 1.807) is 19.1 Å². The highest BCUT2D eigenvalue weighted by molar-refractivity contribution is 6.02. The number of benzene rings is 1. The van der Waals surface area contributed by atoms with Gasteiger partial charge in [-0.1, -0.05) is 13.8 Å². The molecule has 0 aliphatic carbocycles. The van der Waals surface area contributed by atoms with Crippen LogP contribution in [0.15, 0.2) is 18.2 Å². The summed E-state index contributed by atoms with van der Waals surface area (Å²) >= 11 is 0. The Bertz CT molecular complexity index is 697. The molecule has 0 unspecified atom stereocenters. The van der Waals surface area contributed by atoms with E-state index in [-0.39, 0.29) is 24.7 Å². The van der Waals surface area contributed by atoms with Crippen molar-refractivity contribution >= 4 is 29.2 Å². The van der Waals surface area contributed by atoms with E-state index in [0.717, 1.165) is 31.6 Å². The van der Waals surface area contributed by atoms with Gasteiger partial charge in [0.2, 0.25) is 5.91 Å². The molecule has 1 aromatic rings. The highest BCUT2D eigenvalue weighted by Gasteiger charge is 2.20. The molecule has 1 aromatic carbocycles. The smallest absolute Gasteiger partial charge is 0.306 e. The molecule has 7 heteroatoms. The van der Waals surface area contributed by atoms with Crippen molar-refractivity contribution in [1.82, 2.24) is 5.32 Å². The summed E-state index contributed by atoms with van der Waals surface area (Å²) in [7, 11) is 0. The summed E-state index contributed by atoms with van der Waals surface area (Å²) in [5, 5.41) is 5.73. The topological polar surface area (TPSA) is 87.7 Å². The Morgan fingerprint density at radius 2 is 1.86 bits per heavy atom. The fourth-order valence-electron chi connectivity index (χ4n) is 3.09. The monoisotopic (exact) mass is 389 g/mol. The number of carbonyl (C=O) groups is 3. The Balaban J connectivity index is 2.10. The standard InChI is InChI=1S/C21H31N3O4/c1-4-28-20(26)10-9-19(25)23-16-7-8-18(24-11-5-6-12-24)17(13-16)21(27)22-14-15(2)3/h7-8,13,15H,4-6,9-12,14H2,1-3H3,(H,22,27)(H,23,25). The lowest BCUT2D eigenvalue weighted by atomic mass is 10.1. The first-order valence-corrected chi connectivity index (χ1v) is 10.0. The summed E-state index contributed by atoms with van der Waals surface area (Å²) in [6, 6.07) is 5.40. The quantitative estimate of drug-likeness (QED) is 0.634. The van der Waals surface area contributed by atoms with Gasteiger partial charge in [0.25, 0.3) is 5.91 Å². The lowest BCUT2D eigenvalue weighted by Gasteiger charge is -2.22. The van der Waals surface area contributed by atoms with Crippen molar-refractivity contribution in [2.45, 2.75) is 46.5 Å². The number of rotatable bonds is 9. The highest BCUT2D eigenvalue weighted by atomic mass is 16.5. The fourth-order valence-corrected chi connectivity index (χ4v) is 3.09. The van der Waals surface area contributed by atoms with Crippen LogP contribution in [0.5, 0.6) is 0 Å². The van der Waals surface area contributed by atoms with Crippen LogP contribution in [-0.2, 0) is 14.3 Å². The van der Waals surface area contributed by atoms with Gasteiger partial charge < -0.3 is 20.3 Å². The normalized spacial score (nSPS) is 13.5. The number of carbonyl (C=O) groups excluding carboxylic acids is 3. The second-order valence-electron chi connectivity index (χ2n) is 7.38. The van der Waals surface area contributed by atoms with Gasteiger partial charge in [-0.05, 0) is 43.9 Å². The molecule has 0 radical (unpaired) electrons. The van der Waals surface area contributed by atoms with E-state index in [0.29, 0.717) is 30.3 Å². The maximum absolute atomic E-state index is 12.7. The Hall–Kier alpha value is -2.57. The highest BCUT2D eigenvalue weighted by Crippen LogP contribution is 2.27. The van der Waals surface area contributed by atoms with Crippen LogP contribution in [0.25, 0.3) is 0 Å². The van der Waals surface area contributed by atoms with Crippen molar-refractivity contribution in [3.05, 3.63) is 23.8 Å². The Labute approximate surface area is 166 Å². The third kappa shape index (κ3) is 6.55. The largest absolute Gasteiger partial charge is 0.466 e. The van der Waals surface area contributed by atoms with E-state index >= 15 is 0 Å². The Morgan fingerprint density at radius 3 is 2.50 bits per heavy atom. The minimum atomic E-state index is -0.393. The van der Waals surface area contributed by atoms with Gasteiger partial charge in [0, 0.05) is 37.4 Å². The molecule has 2 amide bonds. The lowest BCUT2D eigenvalue weighted by molar-refractivity contribution is -0.144. The SMILES string of the molecule is CCOC(=O)CCC(=O)Nc1ccc(N2CCCC2)c(C(=O)NCC(C)C)c1. The maximum Gasteiger partial charge on any atom is 0.306 e. The van der Waals surface area contributed by atoms with Gasteiger partial charge in [0.05, 0.1) is 18.6 Å². The molecule has 1 heterocycles. The lowest BCUT2D eigenvalue weighted by Crippen LogP contribution is -2.30. The van der Waals surface area contributed by atoms with Crippen molar-refractivity contribution in [3.8, 4) is 0 Å².